The highest BCUT2D eigenvalue weighted by atomic mass is 35.5. The number of hydrazone groups is 1. The molecular weight excluding hydrogens is 578 g/mol. The molecule has 1 N–H and O–H groups in total. The van der Waals surface area contributed by atoms with E-state index < -0.39 is 21.9 Å². The lowest BCUT2D eigenvalue weighted by atomic mass is 10.1. The van der Waals surface area contributed by atoms with Crippen LogP contribution in [-0.4, -0.2) is 40.2 Å². The first-order valence-electron chi connectivity index (χ1n) is 12.7. The predicted molar refractivity (Wildman–Crippen MR) is 161 cm³/mol. The Labute approximate surface area is 249 Å². The van der Waals surface area contributed by atoms with Gasteiger partial charge in [-0.15, -0.1) is 0 Å². The fourth-order valence-electron chi connectivity index (χ4n) is 3.85. The second-order valence-corrected chi connectivity index (χ2v) is 11.4. The van der Waals surface area contributed by atoms with Gasteiger partial charge in [-0.05, 0) is 78.7 Å². The van der Waals surface area contributed by atoms with Gasteiger partial charge in [0.25, 0.3) is 15.9 Å². The van der Waals surface area contributed by atoms with Crippen molar-refractivity contribution < 1.29 is 27.5 Å². The molecule has 42 heavy (non-hydrogen) atoms. The number of halogens is 1. The van der Waals surface area contributed by atoms with Gasteiger partial charge in [-0.1, -0.05) is 53.6 Å². The van der Waals surface area contributed by atoms with E-state index in [1.54, 1.807) is 78.9 Å². The van der Waals surface area contributed by atoms with Crippen molar-refractivity contribution in [2.75, 3.05) is 18.0 Å². The molecule has 0 radical (unpaired) electrons. The van der Waals surface area contributed by atoms with Crippen LogP contribution < -0.4 is 14.5 Å². The summed E-state index contributed by atoms with van der Waals surface area (Å²) < 4.78 is 38.9. The van der Waals surface area contributed by atoms with E-state index >= 15 is 0 Å². The van der Waals surface area contributed by atoms with E-state index in [-0.39, 0.29) is 29.3 Å². The van der Waals surface area contributed by atoms with Crippen molar-refractivity contribution in [3.05, 3.63) is 124 Å². The summed E-state index contributed by atoms with van der Waals surface area (Å²) in [6.45, 7) is 1.62. The van der Waals surface area contributed by atoms with Crippen LogP contribution in [0.1, 0.15) is 27.0 Å². The average molecular weight is 606 g/mol. The highest BCUT2D eigenvalue weighted by molar-refractivity contribution is 7.92. The number of sulfonamides is 1. The van der Waals surface area contributed by atoms with Crippen LogP contribution in [-0.2, 0) is 26.1 Å². The van der Waals surface area contributed by atoms with Gasteiger partial charge < -0.3 is 9.47 Å². The molecule has 4 aromatic rings. The number of nitrogens with one attached hydrogen (secondary N) is 1. The highest BCUT2D eigenvalue weighted by Crippen LogP contribution is 2.30. The van der Waals surface area contributed by atoms with E-state index in [9.17, 15) is 18.0 Å². The monoisotopic (exact) mass is 605 g/mol. The van der Waals surface area contributed by atoms with Crippen molar-refractivity contribution in [2.45, 2.75) is 18.4 Å². The number of nitrogens with zero attached hydrogens (tertiary/aromatic N) is 2. The molecule has 9 nitrogen and oxygen atoms in total. The Morgan fingerprint density at radius 3 is 2.26 bits per heavy atom. The van der Waals surface area contributed by atoms with E-state index in [1.807, 2.05) is 6.92 Å². The van der Waals surface area contributed by atoms with Gasteiger partial charge in [-0.25, -0.2) is 18.6 Å². The third kappa shape index (κ3) is 7.74. The molecule has 0 saturated heterocycles. The largest absolute Gasteiger partial charge is 0.482 e. The number of benzene rings is 4. The lowest BCUT2D eigenvalue weighted by Gasteiger charge is -2.26. The summed E-state index contributed by atoms with van der Waals surface area (Å²) in [6.07, 6.45) is 1.43. The number of rotatable bonds is 11. The van der Waals surface area contributed by atoms with Crippen LogP contribution >= 0.6 is 11.6 Å². The number of esters is 1. The van der Waals surface area contributed by atoms with Crippen LogP contribution in [0.4, 0.5) is 5.69 Å². The number of methoxy groups -OCH3 is 1. The van der Waals surface area contributed by atoms with Crippen LogP contribution in [0.2, 0.25) is 5.02 Å². The van der Waals surface area contributed by atoms with Crippen molar-refractivity contribution in [2.24, 2.45) is 5.10 Å². The molecule has 0 saturated carbocycles. The summed E-state index contributed by atoms with van der Waals surface area (Å²) in [7, 11) is -2.80. The van der Waals surface area contributed by atoms with Crippen molar-refractivity contribution in [1.29, 1.82) is 0 Å². The van der Waals surface area contributed by atoms with Crippen molar-refractivity contribution in [3.8, 4) is 5.75 Å². The first kappa shape index (κ1) is 30.3. The van der Waals surface area contributed by atoms with Gasteiger partial charge in [-0.2, -0.15) is 5.10 Å². The maximum Gasteiger partial charge on any atom is 0.343 e. The molecule has 0 bridgehead atoms. The van der Waals surface area contributed by atoms with Gasteiger partial charge in [0.15, 0.2) is 6.61 Å². The summed E-state index contributed by atoms with van der Waals surface area (Å²) in [5, 5.41) is 4.56. The van der Waals surface area contributed by atoms with Crippen LogP contribution in [0.3, 0.4) is 0 Å². The molecule has 0 aliphatic rings. The molecule has 4 aromatic carbocycles. The summed E-state index contributed by atoms with van der Waals surface area (Å²) in [4.78, 5) is 24.6. The number of para-hydroxylation sites is 1. The quantitative estimate of drug-likeness (QED) is 0.140. The molecule has 0 aliphatic heterocycles. The molecule has 0 aromatic heterocycles. The Morgan fingerprint density at radius 2 is 1.60 bits per heavy atom. The molecule has 216 valence electrons. The van der Waals surface area contributed by atoms with Crippen molar-refractivity contribution in [1.82, 2.24) is 5.43 Å². The molecular formula is C31H28ClN3O6S. The standard InChI is InChI=1S/C31H28ClN3O6S/c1-22-7-17-27(18-8-22)42(38,39)35(20-24-9-13-25(32)14-10-24)29-6-4-3-5-28(29)31(37)34-33-19-23-11-15-26(16-12-23)41-21-30(36)40-2/h3-19H,20-21H2,1-2H3,(H,34,37). The van der Waals surface area contributed by atoms with Crippen LogP contribution in [0.15, 0.2) is 107 Å². The minimum absolute atomic E-state index is 0.0364. The number of hydrogen-bond donors (Lipinski definition) is 1. The van der Waals surface area contributed by atoms with Gasteiger partial charge in [0, 0.05) is 5.02 Å². The maximum atomic E-state index is 13.9. The third-order valence-electron chi connectivity index (χ3n) is 6.11. The second-order valence-electron chi connectivity index (χ2n) is 9.10. The number of hydrogen-bond acceptors (Lipinski definition) is 7. The number of carbonyl (C=O) groups is 2. The predicted octanol–water partition coefficient (Wildman–Crippen LogP) is 5.36. The fraction of sp³-hybridized carbons (Fsp3) is 0.129. The molecule has 11 heteroatoms. The molecule has 1 amide bonds. The van der Waals surface area contributed by atoms with Gasteiger partial charge in [0.05, 0.1) is 36.0 Å². The first-order valence-corrected chi connectivity index (χ1v) is 14.5. The van der Waals surface area contributed by atoms with Crippen LogP contribution in [0.5, 0.6) is 5.75 Å². The van der Waals surface area contributed by atoms with Crippen molar-refractivity contribution in [3.63, 3.8) is 0 Å². The Bertz CT molecular complexity index is 1670. The molecule has 0 aliphatic carbocycles. The van der Waals surface area contributed by atoms with E-state index in [0.717, 1.165) is 5.56 Å². The van der Waals surface area contributed by atoms with Gasteiger partial charge in [-0.3, -0.25) is 9.10 Å². The molecule has 0 fully saturated rings. The maximum absolute atomic E-state index is 13.9. The molecule has 0 spiro atoms. The average Bonchev–Trinajstić information content (AvgIpc) is 3.00. The van der Waals surface area contributed by atoms with E-state index in [1.165, 1.54) is 35.8 Å². The lowest BCUT2D eigenvalue weighted by molar-refractivity contribution is -0.142. The van der Waals surface area contributed by atoms with E-state index in [4.69, 9.17) is 16.3 Å². The van der Waals surface area contributed by atoms with Gasteiger partial charge in [0.2, 0.25) is 0 Å². The number of carbonyl (C=O) groups excluding carboxylic acids is 2. The minimum atomic E-state index is -4.07. The summed E-state index contributed by atoms with van der Waals surface area (Å²) in [5.74, 6) is -0.631. The topological polar surface area (TPSA) is 114 Å². The lowest BCUT2D eigenvalue weighted by Crippen LogP contribution is -2.33. The minimum Gasteiger partial charge on any atom is -0.482 e. The smallest absolute Gasteiger partial charge is 0.343 e. The molecule has 4 rings (SSSR count). The Balaban J connectivity index is 1.58. The number of ether oxygens (including phenoxy) is 2. The zero-order chi connectivity index (χ0) is 30.1. The van der Waals surface area contributed by atoms with Crippen molar-refractivity contribution >= 4 is 45.4 Å². The Hall–Kier alpha value is -4.67. The highest BCUT2D eigenvalue weighted by Gasteiger charge is 2.28. The van der Waals surface area contributed by atoms with E-state index in [0.29, 0.717) is 21.9 Å². The van der Waals surface area contributed by atoms with Crippen LogP contribution in [0, 0.1) is 6.92 Å². The molecule has 0 unspecified atom stereocenters. The van der Waals surface area contributed by atoms with Gasteiger partial charge >= 0.3 is 5.97 Å². The first-order chi connectivity index (χ1) is 20.2. The summed E-state index contributed by atoms with van der Waals surface area (Å²) in [6, 6.07) is 26.4. The number of aryl methyl sites for hydroxylation is 1. The normalized spacial score (nSPS) is 11.2. The number of amides is 1. The summed E-state index contributed by atoms with van der Waals surface area (Å²) in [5.41, 5.74) is 5.03. The zero-order valence-electron chi connectivity index (χ0n) is 22.9. The molecule has 0 atom stereocenters. The number of anilines is 1. The Morgan fingerprint density at radius 1 is 0.929 bits per heavy atom. The third-order valence-corrected chi connectivity index (χ3v) is 8.14. The SMILES string of the molecule is COC(=O)COc1ccc(C=NNC(=O)c2ccccc2N(Cc2ccc(Cl)cc2)S(=O)(=O)c2ccc(C)cc2)cc1. The second kappa shape index (κ2) is 13.8. The van der Waals surface area contributed by atoms with Crippen LogP contribution in [0.25, 0.3) is 0 Å². The summed E-state index contributed by atoms with van der Waals surface area (Å²) >= 11 is 6.04. The van der Waals surface area contributed by atoms with Gasteiger partial charge in [0.1, 0.15) is 5.75 Å². The zero-order valence-corrected chi connectivity index (χ0v) is 24.4. The Kier molecular flexibility index (Phi) is 9.95. The van der Waals surface area contributed by atoms with E-state index in [2.05, 4.69) is 15.3 Å². The molecule has 0 heterocycles. The fourth-order valence-corrected chi connectivity index (χ4v) is 5.45.